The lowest BCUT2D eigenvalue weighted by Crippen LogP contribution is -2.33. The number of piperidine rings is 1. The molecule has 1 saturated heterocycles. The van der Waals surface area contributed by atoms with E-state index in [1.807, 2.05) is 11.3 Å². The molecule has 2 nitrogen and oxygen atoms in total. The lowest BCUT2D eigenvalue weighted by Gasteiger charge is -2.31. The summed E-state index contributed by atoms with van der Waals surface area (Å²) in [4.78, 5) is 5.65. The van der Waals surface area contributed by atoms with E-state index in [2.05, 4.69) is 44.0 Å². The first-order valence-electron chi connectivity index (χ1n) is 8.59. The molecule has 1 aliphatic heterocycles. The molecule has 1 N–H and O–H groups in total. The molecule has 0 aromatic carbocycles. The van der Waals surface area contributed by atoms with Gasteiger partial charge in [-0.3, -0.25) is 4.90 Å². The van der Waals surface area contributed by atoms with Gasteiger partial charge >= 0.3 is 0 Å². The standard InChI is InChI=1S/C18H32N2S/c1-5-16-6-8-20(9-7-16)13-17-10-18(21-15(17)4)12-19-11-14(2)3/h10,14,16,19H,5-9,11-13H2,1-4H3. The Morgan fingerprint density at radius 2 is 2.05 bits per heavy atom. The predicted octanol–water partition coefficient (Wildman–Crippen LogP) is 4.42. The topological polar surface area (TPSA) is 15.3 Å². The number of hydrogen-bond donors (Lipinski definition) is 1. The van der Waals surface area contributed by atoms with Gasteiger partial charge in [0.1, 0.15) is 0 Å². The van der Waals surface area contributed by atoms with Crippen LogP contribution >= 0.6 is 11.3 Å². The molecule has 0 atom stereocenters. The summed E-state index contributed by atoms with van der Waals surface area (Å²) in [5.74, 6) is 1.70. The Labute approximate surface area is 134 Å². The first-order chi connectivity index (χ1) is 10.1. The van der Waals surface area contributed by atoms with Crippen LogP contribution in [0.25, 0.3) is 0 Å². The fraction of sp³-hybridized carbons (Fsp3) is 0.778. The highest BCUT2D eigenvalue weighted by atomic mass is 32.1. The molecule has 0 spiro atoms. The van der Waals surface area contributed by atoms with Gasteiger partial charge in [-0.1, -0.05) is 27.2 Å². The predicted molar refractivity (Wildman–Crippen MR) is 93.9 cm³/mol. The molecule has 3 heteroatoms. The van der Waals surface area contributed by atoms with Crippen LogP contribution in [-0.2, 0) is 13.1 Å². The number of likely N-dealkylation sites (tertiary alicyclic amines) is 1. The van der Waals surface area contributed by atoms with Crippen LogP contribution < -0.4 is 5.32 Å². The molecule has 0 saturated carbocycles. The first kappa shape index (κ1) is 17.0. The number of nitrogens with zero attached hydrogens (tertiary/aromatic N) is 1. The number of aryl methyl sites for hydroxylation is 1. The Morgan fingerprint density at radius 3 is 2.67 bits per heavy atom. The van der Waals surface area contributed by atoms with Gasteiger partial charge in [0, 0.05) is 22.8 Å². The second kappa shape index (κ2) is 8.30. The smallest absolute Gasteiger partial charge is 0.0300 e. The maximum absolute atomic E-state index is 3.56. The summed E-state index contributed by atoms with van der Waals surface area (Å²) in [6, 6.07) is 2.43. The molecule has 1 aliphatic rings. The largest absolute Gasteiger partial charge is 0.312 e. The molecule has 1 aromatic heterocycles. The summed E-state index contributed by atoms with van der Waals surface area (Å²) in [5, 5.41) is 3.56. The maximum atomic E-state index is 3.56. The summed E-state index contributed by atoms with van der Waals surface area (Å²) in [6.45, 7) is 15.0. The van der Waals surface area contributed by atoms with Crippen molar-refractivity contribution < 1.29 is 0 Å². The molecule has 0 radical (unpaired) electrons. The van der Waals surface area contributed by atoms with E-state index in [1.54, 1.807) is 5.56 Å². The molecular weight excluding hydrogens is 276 g/mol. The SMILES string of the molecule is CCC1CCN(Cc2cc(CNCC(C)C)sc2C)CC1. The van der Waals surface area contributed by atoms with Crippen LogP contribution in [0.3, 0.4) is 0 Å². The van der Waals surface area contributed by atoms with E-state index < -0.39 is 0 Å². The molecule has 1 aromatic rings. The van der Waals surface area contributed by atoms with E-state index in [1.165, 1.54) is 42.1 Å². The normalized spacial score (nSPS) is 17.8. The van der Waals surface area contributed by atoms with Gasteiger partial charge in [0.15, 0.2) is 0 Å². The molecule has 1 fully saturated rings. The molecule has 2 rings (SSSR count). The highest BCUT2D eigenvalue weighted by molar-refractivity contribution is 7.12. The fourth-order valence-corrected chi connectivity index (χ4v) is 4.13. The van der Waals surface area contributed by atoms with Crippen molar-refractivity contribution in [3.63, 3.8) is 0 Å². The third-order valence-electron chi connectivity index (χ3n) is 4.60. The van der Waals surface area contributed by atoms with Gasteiger partial charge in [0.25, 0.3) is 0 Å². The van der Waals surface area contributed by atoms with E-state index in [9.17, 15) is 0 Å². The van der Waals surface area contributed by atoms with Crippen LogP contribution in [0.4, 0.5) is 0 Å². The summed E-state index contributed by atoms with van der Waals surface area (Å²) < 4.78 is 0. The van der Waals surface area contributed by atoms with Gasteiger partial charge in [-0.2, -0.15) is 0 Å². The lowest BCUT2D eigenvalue weighted by molar-refractivity contribution is 0.175. The Bertz CT molecular complexity index is 417. The van der Waals surface area contributed by atoms with Gasteiger partial charge in [-0.25, -0.2) is 0 Å². The molecule has 21 heavy (non-hydrogen) atoms. The average molecular weight is 309 g/mol. The lowest BCUT2D eigenvalue weighted by atomic mass is 9.94. The van der Waals surface area contributed by atoms with Crippen molar-refractivity contribution >= 4 is 11.3 Å². The maximum Gasteiger partial charge on any atom is 0.0300 e. The minimum Gasteiger partial charge on any atom is -0.312 e. The number of hydrogen-bond acceptors (Lipinski definition) is 3. The van der Waals surface area contributed by atoms with Crippen molar-refractivity contribution in [1.29, 1.82) is 0 Å². The van der Waals surface area contributed by atoms with Crippen LogP contribution in [0.15, 0.2) is 6.07 Å². The summed E-state index contributed by atoms with van der Waals surface area (Å²) in [5.41, 5.74) is 1.55. The number of nitrogens with one attached hydrogen (secondary N) is 1. The molecule has 0 amide bonds. The van der Waals surface area contributed by atoms with E-state index in [0.717, 1.165) is 31.5 Å². The monoisotopic (exact) mass is 308 g/mol. The van der Waals surface area contributed by atoms with Crippen molar-refractivity contribution in [3.8, 4) is 0 Å². The van der Waals surface area contributed by atoms with Crippen molar-refractivity contribution in [2.45, 2.75) is 60.0 Å². The van der Waals surface area contributed by atoms with Crippen LogP contribution in [0.5, 0.6) is 0 Å². The summed E-state index contributed by atoms with van der Waals surface area (Å²) in [7, 11) is 0. The fourth-order valence-electron chi connectivity index (χ4n) is 3.11. The zero-order chi connectivity index (χ0) is 15.2. The number of rotatable bonds is 7. The highest BCUT2D eigenvalue weighted by Crippen LogP contribution is 2.26. The highest BCUT2D eigenvalue weighted by Gasteiger charge is 2.18. The molecular formula is C18H32N2S. The second-order valence-corrected chi connectivity index (χ2v) is 8.29. The van der Waals surface area contributed by atoms with Gasteiger partial charge in [-0.15, -0.1) is 11.3 Å². The Hall–Kier alpha value is -0.380. The Kier molecular flexibility index (Phi) is 6.72. The minimum absolute atomic E-state index is 0.727. The van der Waals surface area contributed by atoms with Crippen molar-refractivity contribution in [3.05, 3.63) is 21.4 Å². The van der Waals surface area contributed by atoms with Gasteiger partial charge in [0.05, 0.1) is 0 Å². The summed E-state index contributed by atoms with van der Waals surface area (Å²) in [6.07, 6.45) is 4.14. The van der Waals surface area contributed by atoms with Crippen LogP contribution in [0, 0.1) is 18.8 Å². The Morgan fingerprint density at radius 1 is 1.33 bits per heavy atom. The van der Waals surface area contributed by atoms with Crippen molar-refractivity contribution in [1.82, 2.24) is 10.2 Å². The minimum atomic E-state index is 0.727. The van der Waals surface area contributed by atoms with E-state index in [0.29, 0.717) is 0 Å². The Balaban J connectivity index is 1.82. The van der Waals surface area contributed by atoms with E-state index in [-0.39, 0.29) is 0 Å². The molecule has 0 bridgehead atoms. The van der Waals surface area contributed by atoms with Crippen molar-refractivity contribution in [2.24, 2.45) is 11.8 Å². The third-order valence-corrected chi connectivity index (χ3v) is 5.69. The van der Waals surface area contributed by atoms with Crippen molar-refractivity contribution in [2.75, 3.05) is 19.6 Å². The number of thiophene rings is 1. The third kappa shape index (κ3) is 5.39. The van der Waals surface area contributed by atoms with E-state index >= 15 is 0 Å². The molecule has 2 heterocycles. The first-order valence-corrected chi connectivity index (χ1v) is 9.41. The molecule has 120 valence electrons. The second-order valence-electron chi connectivity index (χ2n) is 6.95. The van der Waals surface area contributed by atoms with Gasteiger partial charge in [-0.05, 0) is 62.9 Å². The molecule has 0 unspecified atom stereocenters. The zero-order valence-corrected chi connectivity index (χ0v) is 15.1. The van der Waals surface area contributed by atoms with Crippen LogP contribution in [0.1, 0.15) is 55.4 Å². The van der Waals surface area contributed by atoms with Crippen LogP contribution in [-0.4, -0.2) is 24.5 Å². The summed E-state index contributed by atoms with van der Waals surface area (Å²) >= 11 is 1.97. The average Bonchev–Trinajstić information content (AvgIpc) is 2.79. The zero-order valence-electron chi connectivity index (χ0n) is 14.2. The van der Waals surface area contributed by atoms with Gasteiger partial charge in [0.2, 0.25) is 0 Å². The quantitative estimate of drug-likeness (QED) is 0.802. The van der Waals surface area contributed by atoms with Crippen LogP contribution in [0.2, 0.25) is 0 Å². The van der Waals surface area contributed by atoms with Gasteiger partial charge < -0.3 is 5.32 Å². The molecule has 0 aliphatic carbocycles. The van der Waals surface area contributed by atoms with E-state index in [4.69, 9.17) is 0 Å².